The molecule has 154 valence electrons. The fourth-order valence-corrected chi connectivity index (χ4v) is 3.67. The Kier molecular flexibility index (Phi) is 6.12. The van der Waals surface area contributed by atoms with Gasteiger partial charge < -0.3 is 14.8 Å². The number of fused-ring (bicyclic) bond motifs is 1. The van der Waals surface area contributed by atoms with Gasteiger partial charge in [-0.05, 0) is 50.1 Å². The van der Waals surface area contributed by atoms with E-state index < -0.39 is 11.6 Å². The predicted octanol–water partition coefficient (Wildman–Crippen LogP) is 4.53. The number of carbonyl (C=O) groups is 2. The van der Waals surface area contributed by atoms with Crippen molar-refractivity contribution in [2.45, 2.75) is 39.0 Å². The number of aromatic nitrogens is 1. The minimum atomic E-state index is -0.591. The van der Waals surface area contributed by atoms with Crippen LogP contribution >= 0.6 is 15.9 Å². The number of carbonyl (C=O) groups excluding carboxylic acids is 2. The quantitative estimate of drug-likeness (QED) is 0.673. The van der Waals surface area contributed by atoms with Crippen LogP contribution in [-0.2, 0) is 16.0 Å². The third-order valence-electron chi connectivity index (χ3n) is 4.52. The van der Waals surface area contributed by atoms with E-state index in [1.54, 1.807) is 17.2 Å². The summed E-state index contributed by atoms with van der Waals surface area (Å²) < 4.78 is 11.4. The highest BCUT2D eigenvalue weighted by Crippen LogP contribution is 2.36. The molecule has 0 aliphatic carbocycles. The zero-order valence-electron chi connectivity index (χ0n) is 16.9. The van der Waals surface area contributed by atoms with Gasteiger partial charge in [-0.3, -0.25) is 9.88 Å². The molecule has 1 aliphatic rings. The minimum Gasteiger partial charge on any atom is -0.465 e. The largest absolute Gasteiger partial charge is 0.465 e. The monoisotopic (exact) mass is 461 g/mol. The van der Waals surface area contributed by atoms with Gasteiger partial charge in [-0.15, -0.1) is 0 Å². The van der Waals surface area contributed by atoms with E-state index in [2.05, 4.69) is 26.2 Å². The number of halogens is 1. The molecule has 3 rings (SSSR count). The van der Waals surface area contributed by atoms with Gasteiger partial charge in [-0.25, -0.2) is 9.59 Å². The first-order valence-electron chi connectivity index (χ1n) is 9.24. The highest BCUT2D eigenvalue weighted by molar-refractivity contribution is 9.10. The molecule has 1 atom stereocenters. The summed E-state index contributed by atoms with van der Waals surface area (Å²) in [6.07, 6.45) is 2.73. The lowest BCUT2D eigenvalue weighted by molar-refractivity contribution is 0.0182. The number of amides is 1. The fourth-order valence-electron chi connectivity index (χ4n) is 3.26. The molecule has 2 aromatic rings. The van der Waals surface area contributed by atoms with Crippen LogP contribution in [-0.4, -0.2) is 41.2 Å². The summed E-state index contributed by atoms with van der Waals surface area (Å²) in [7, 11) is 1.34. The molecule has 7 nitrogen and oxygen atoms in total. The standard InChI is InChI=1S/C21H24BrN3O4/c1-21(2,3)29-20(27)25-12-13-9-14(22)5-6-15(13)18(25)11-24-17-10-23-8-7-16(17)19(26)28-4/h5-10,18,24H,11-12H2,1-4H3. The summed E-state index contributed by atoms with van der Waals surface area (Å²) in [5, 5.41) is 3.25. The Morgan fingerprint density at radius 1 is 1.31 bits per heavy atom. The van der Waals surface area contributed by atoms with Crippen molar-refractivity contribution < 1.29 is 19.1 Å². The Hall–Kier alpha value is -2.61. The first kappa shape index (κ1) is 21.1. The Morgan fingerprint density at radius 3 is 2.76 bits per heavy atom. The van der Waals surface area contributed by atoms with Crippen molar-refractivity contribution in [1.82, 2.24) is 9.88 Å². The maximum atomic E-state index is 12.8. The number of methoxy groups -OCH3 is 1. The van der Waals surface area contributed by atoms with Gasteiger partial charge in [0, 0.05) is 17.2 Å². The van der Waals surface area contributed by atoms with Crippen LogP contribution in [0.25, 0.3) is 0 Å². The molecule has 0 bridgehead atoms. The zero-order valence-corrected chi connectivity index (χ0v) is 18.4. The lowest BCUT2D eigenvalue weighted by Crippen LogP contribution is -2.38. The van der Waals surface area contributed by atoms with E-state index in [1.165, 1.54) is 13.3 Å². The van der Waals surface area contributed by atoms with Crippen LogP contribution in [0.4, 0.5) is 10.5 Å². The molecule has 1 amide bonds. The van der Waals surface area contributed by atoms with Crippen molar-refractivity contribution >= 4 is 33.7 Å². The van der Waals surface area contributed by atoms with Crippen LogP contribution in [0.5, 0.6) is 0 Å². The van der Waals surface area contributed by atoms with Crippen molar-refractivity contribution in [2.75, 3.05) is 19.0 Å². The zero-order chi connectivity index (χ0) is 21.2. The van der Waals surface area contributed by atoms with Gasteiger partial charge in [0.1, 0.15) is 5.60 Å². The van der Waals surface area contributed by atoms with E-state index in [9.17, 15) is 9.59 Å². The molecule has 1 aliphatic heterocycles. The van der Waals surface area contributed by atoms with E-state index >= 15 is 0 Å². The second kappa shape index (κ2) is 8.41. The molecule has 0 radical (unpaired) electrons. The number of nitrogens with one attached hydrogen (secondary N) is 1. The summed E-state index contributed by atoms with van der Waals surface area (Å²) in [6.45, 7) is 6.37. The molecule has 0 saturated heterocycles. The number of hydrogen-bond donors (Lipinski definition) is 1. The number of nitrogens with zero attached hydrogens (tertiary/aromatic N) is 2. The van der Waals surface area contributed by atoms with Gasteiger partial charge in [-0.1, -0.05) is 22.0 Å². The normalized spacial score (nSPS) is 15.6. The second-order valence-electron chi connectivity index (χ2n) is 7.76. The summed E-state index contributed by atoms with van der Waals surface area (Å²) >= 11 is 3.49. The number of esters is 1. The number of ether oxygens (including phenoxy) is 2. The maximum absolute atomic E-state index is 12.8. The van der Waals surface area contributed by atoms with E-state index in [0.717, 1.165) is 15.6 Å². The van der Waals surface area contributed by atoms with Crippen molar-refractivity contribution in [1.29, 1.82) is 0 Å². The third-order valence-corrected chi connectivity index (χ3v) is 5.01. The van der Waals surface area contributed by atoms with E-state index in [1.807, 2.05) is 39.0 Å². The number of benzene rings is 1. The van der Waals surface area contributed by atoms with Crippen LogP contribution in [0.2, 0.25) is 0 Å². The lowest BCUT2D eigenvalue weighted by Gasteiger charge is -2.29. The Bertz CT molecular complexity index is 926. The fraction of sp³-hybridized carbons (Fsp3) is 0.381. The molecule has 0 spiro atoms. The van der Waals surface area contributed by atoms with Crippen molar-refractivity contribution in [3.05, 3.63) is 57.8 Å². The molecule has 2 heterocycles. The Labute approximate surface area is 178 Å². The van der Waals surface area contributed by atoms with Crippen LogP contribution in [0, 0.1) is 0 Å². The molecule has 29 heavy (non-hydrogen) atoms. The third kappa shape index (κ3) is 4.87. The molecular formula is C21H24BrN3O4. The molecular weight excluding hydrogens is 438 g/mol. The number of rotatable bonds is 4. The van der Waals surface area contributed by atoms with Crippen molar-refractivity contribution in [3.63, 3.8) is 0 Å². The summed E-state index contributed by atoms with van der Waals surface area (Å²) in [5.41, 5.74) is 2.44. The summed E-state index contributed by atoms with van der Waals surface area (Å²) in [4.78, 5) is 30.6. The van der Waals surface area contributed by atoms with Gasteiger partial charge in [0.15, 0.2) is 0 Å². The SMILES string of the molecule is COC(=O)c1ccncc1NCC1c2ccc(Br)cc2CN1C(=O)OC(C)(C)C. The van der Waals surface area contributed by atoms with Crippen LogP contribution in [0.15, 0.2) is 41.1 Å². The van der Waals surface area contributed by atoms with Crippen LogP contribution < -0.4 is 5.32 Å². The lowest BCUT2D eigenvalue weighted by atomic mass is 10.0. The highest BCUT2D eigenvalue weighted by atomic mass is 79.9. The van der Waals surface area contributed by atoms with Crippen LogP contribution in [0.1, 0.15) is 48.3 Å². The summed E-state index contributed by atoms with van der Waals surface area (Å²) in [5.74, 6) is -0.449. The van der Waals surface area contributed by atoms with E-state index in [4.69, 9.17) is 9.47 Å². The maximum Gasteiger partial charge on any atom is 0.411 e. The van der Waals surface area contributed by atoms with Gasteiger partial charge in [0.05, 0.1) is 37.1 Å². The van der Waals surface area contributed by atoms with Gasteiger partial charge in [0.2, 0.25) is 0 Å². The molecule has 1 aromatic carbocycles. The van der Waals surface area contributed by atoms with Gasteiger partial charge in [0.25, 0.3) is 0 Å². The molecule has 1 N–H and O–H groups in total. The smallest absolute Gasteiger partial charge is 0.411 e. The first-order chi connectivity index (χ1) is 13.7. The molecule has 1 unspecified atom stereocenters. The molecule has 8 heteroatoms. The molecule has 1 aromatic heterocycles. The molecule has 0 saturated carbocycles. The van der Waals surface area contributed by atoms with Gasteiger partial charge in [-0.2, -0.15) is 0 Å². The number of pyridine rings is 1. The highest BCUT2D eigenvalue weighted by Gasteiger charge is 2.36. The second-order valence-corrected chi connectivity index (χ2v) is 8.68. The van der Waals surface area contributed by atoms with E-state index in [-0.39, 0.29) is 12.1 Å². The van der Waals surface area contributed by atoms with Crippen molar-refractivity contribution in [2.24, 2.45) is 0 Å². The van der Waals surface area contributed by atoms with Crippen LogP contribution in [0.3, 0.4) is 0 Å². The topological polar surface area (TPSA) is 80.8 Å². The summed E-state index contributed by atoms with van der Waals surface area (Å²) in [6, 6.07) is 7.31. The molecule has 0 fully saturated rings. The number of hydrogen-bond acceptors (Lipinski definition) is 6. The minimum absolute atomic E-state index is 0.251. The Balaban J connectivity index is 1.86. The first-order valence-corrected chi connectivity index (χ1v) is 10.0. The van der Waals surface area contributed by atoms with E-state index in [0.29, 0.717) is 24.3 Å². The van der Waals surface area contributed by atoms with Gasteiger partial charge >= 0.3 is 12.1 Å². The Morgan fingerprint density at radius 2 is 2.07 bits per heavy atom. The number of anilines is 1. The predicted molar refractivity (Wildman–Crippen MR) is 113 cm³/mol. The average molecular weight is 462 g/mol. The average Bonchev–Trinajstić information content (AvgIpc) is 3.02. The van der Waals surface area contributed by atoms with Crippen molar-refractivity contribution in [3.8, 4) is 0 Å².